The van der Waals surface area contributed by atoms with Gasteiger partial charge in [0.1, 0.15) is 0 Å². The summed E-state index contributed by atoms with van der Waals surface area (Å²) in [4.78, 5) is 0. The van der Waals surface area contributed by atoms with E-state index in [2.05, 4.69) is 0 Å². The van der Waals surface area contributed by atoms with Gasteiger partial charge in [-0.2, -0.15) is 0 Å². The molecule has 3 aromatic carbocycles. The third-order valence-corrected chi connectivity index (χ3v) is 2.36. The van der Waals surface area contributed by atoms with E-state index >= 15 is 0 Å². The molecule has 0 aromatic heterocycles. The maximum Gasteiger partial charge on any atom is 0.0681 e. The Morgan fingerprint density at radius 1 is 0.450 bits per heavy atom. The molecule has 0 aliphatic heterocycles. The van der Waals surface area contributed by atoms with Crippen LogP contribution in [0.25, 0.3) is 0 Å². The van der Waals surface area contributed by atoms with E-state index in [1.54, 1.807) is 0 Å². The maximum absolute atomic E-state index is 8.54. The highest BCUT2D eigenvalue weighted by Gasteiger charge is 1.81. The first-order valence-electron chi connectivity index (χ1n) is 6.58. The highest BCUT2D eigenvalue weighted by molar-refractivity contribution is 5.13. The molecule has 0 amide bonds. The number of hydrogen-bond donors (Lipinski definition) is 1. The summed E-state index contributed by atoms with van der Waals surface area (Å²) in [6, 6.07) is 33.5. The number of aliphatic hydroxyl groups excluding tert-OH is 1. The minimum Gasteiger partial charge on any atom is -0.392 e. The smallest absolute Gasteiger partial charge is 0.0681 e. The van der Waals surface area contributed by atoms with Crippen molar-refractivity contribution in [2.75, 3.05) is 0 Å². The summed E-state index contributed by atoms with van der Waals surface area (Å²) in [5, 5.41) is 8.54. The lowest BCUT2D eigenvalue weighted by Gasteiger charge is -1.89. The standard InChI is InChI=1S/C7H8O.2C6H6/c8-6-7-4-2-1-3-5-7;2*1-2-4-6-5-3-1/h1-5,8H,6H2;2*1-6H. The van der Waals surface area contributed by atoms with Crippen molar-refractivity contribution in [2.45, 2.75) is 6.61 Å². The molecule has 3 rings (SSSR count). The van der Waals surface area contributed by atoms with E-state index in [0.717, 1.165) is 5.56 Å². The summed E-state index contributed by atoms with van der Waals surface area (Å²) in [7, 11) is 0. The largest absolute Gasteiger partial charge is 0.392 e. The highest BCUT2D eigenvalue weighted by Crippen LogP contribution is 1.95. The molecule has 1 nitrogen and oxygen atoms in total. The van der Waals surface area contributed by atoms with Crippen LogP contribution in [0.3, 0.4) is 0 Å². The second-order valence-electron chi connectivity index (χ2n) is 3.95. The molecule has 102 valence electrons. The first kappa shape index (κ1) is 15.7. The Bertz CT molecular complexity index is 421. The fourth-order valence-corrected chi connectivity index (χ4v) is 1.35. The van der Waals surface area contributed by atoms with E-state index in [4.69, 9.17) is 5.11 Å². The van der Waals surface area contributed by atoms with Crippen molar-refractivity contribution in [3.63, 3.8) is 0 Å². The predicted molar refractivity (Wildman–Crippen MR) is 85.2 cm³/mol. The van der Waals surface area contributed by atoms with Gasteiger partial charge in [0.15, 0.2) is 0 Å². The van der Waals surface area contributed by atoms with E-state index in [-0.39, 0.29) is 6.61 Å². The van der Waals surface area contributed by atoms with E-state index < -0.39 is 0 Å². The van der Waals surface area contributed by atoms with Crippen molar-refractivity contribution < 1.29 is 5.11 Å². The van der Waals surface area contributed by atoms with Gasteiger partial charge >= 0.3 is 0 Å². The van der Waals surface area contributed by atoms with Gasteiger partial charge in [-0.25, -0.2) is 0 Å². The molecule has 0 atom stereocenters. The molecular weight excluding hydrogens is 244 g/mol. The van der Waals surface area contributed by atoms with Crippen molar-refractivity contribution in [3.8, 4) is 0 Å². The molecule has 0 aliphatic carbocycles. The summed E-state index contributed by atoms with van der Waals surface area (Å²) >= 11 is 0. The Morgan fingerprint density at radius 2 is 0.700 bits per heavy atom. The van der Waals surface area contributed by atoms with Gasteiger partial charge in [-0.15, -0.1) is 0 Å². The van der Waals surface area contributed by atoms with Crippen molar-refractivity contribution in [2.24, 2.45) is 0 Å². The Kier molecular flexibility index (Phi) is 9.17. The van der Waals surface area contributed by atoms with Crippen LogP contribution in [0, 0.1) is 0 Å². The fraction of sp³-hybridized carbons (Fsp3) is 0.0526. The first-order chi connectivity index (χ1) is 9.93. The molecule has 0 saturated carbocycles. The van der Waals surface area contributed by atoms with Crippen molar-refractivity contribution in [1.29, 1.82) is 0 Å². The van der Waals surface area contributed by atoms with Crippen LogP contribution in [0.4, 0.5) is 0 Å². The molecule has 20 heavy (non-hydrogen) atoms. The number of benzene rings is 3. The second kappa shape index (κ2) is 11.7. The van der Waals surface area contributed by atoms with E-state index in [9.17, 15) is 0 Å². The lowest BCUT2D eigenvalue weighted by atomic mass is 10.2. The third kappa shape index (κ3) is 8.67. The SMILES string of the molecule is OCc1ccccc1.c1ccccc1.c1ccccc1. The van der Waals surface area contributed by atoms with Crippen molar-refractivity contribution in [3.05, 3.63) is 109 Å². The molecule has 3 aromatic rings. The summed E-state index contributed by atoms with van der Waals surface area (Å²) in [5.74, 6) is 0. The molecule has 0 heterocycles. The monoisotopic (exact) mass is 264 g/mol. The molecule has 0 unspecified atom stereocenters. The zero-order valence-electron chi connectivity index (χ0n) is 11.5. The second-order valence-corrected chi connectivity index (χ2v) is 3.95. The number of aliphatic hydroxyl groups is 1. The zero-order valence-corrected chi connectivity index (χ0v) is 11.5. The van der Waals surface area contributed by atoms with Gasteiger partial charge in [0, 0.05) is 0 Å². The van der Waals surface area contributed by atoms with Crippen LogP contribution in [-0.2, 0) is 6.61 Å². The van der Waals surface area contributed by atoms with Gasteiger partial charge in [-0.1, -0.05) is 103 Å². The molecule has 0 bridgehead atoms. The quantitative estimate of drug-likeness (QED) is 0.683. The average Bonchev–Trinajstić information content (AvgIpc) is 2.60. The minimum absolute atomic E-state index is 0.140. The Labute approximate surface area is 121 Å². The molecular formula is C19H20O. The number of hydrogen-bond acceptors (Lipinski definition) is 1. The van der Waals surface area contributed by atoms with E-state index in [1.165, 1.54) is 0 Å². The average molecular weight is 264 g/mol. The molecule has 0 fully saturated rings. The van der Waals surface area contributed by atoms with Crippen molar-refractivity contribution >= 4 is 0 Å². The van der Waals surface area contributed by atoms with Crippen molar-refractivity contribution in [1.82, 2.24) is 0 Å². The van der Waals surface area contributed by atoms with E-state index in [1.807, 2.05) is 103 Å². The van der Waals surface area contributed by atoms with Gasteiger partial charge in [-0.3, -0.25) is 0 Å². The first-order valence-corrected chi connectivity index (χ1v) is 6.58. The molecule has 1 N–H and O–H groups in total. The molecule has 0 saturated heterocycles. The zero-order chi connectivity index (χ0) is 14.3. The third-order valence-electron chi connectivity index (χ3n) is 2.36. The Balaban J connectivity index is 0.000000152. The van der Waals surface area contributed by atoms with Crippen LogP contribution in [0.2, 0.25) is 0 Å². The topological polar surface area (TPSA) is 20.2 Å². The van der Waals surface area contributed by atoms with Gasteiger partial charge in [-0.05, 0) is 5.56 Å². The fourth-order valence-electron chi connectivity index (χ4n) is 1.35. The van der Waals surface area contributed by atoms with Crippen LogP contribution in [0.1, 0.15) is 5.56 Å². The summed E-state index contributed by atoms with van der Waals surface area (Å²) in [6.07, 6.45) is 0. The van der Waals surface area contributed by atoms with Crippen LogP contribution >= 0.6 is 0 Å². The van der Waals surface area contributed by atoms with Gasteiger partial charge in [0.05, 0.1) is 6.61 Å². The predicted octanol–water partition coefficient (Wildman–Crippen LogP) is 4.55. The van der Waals surface area contributed by atoms with Crippen LogP contribution in [0.15, 0.2) is 103 Å². The maximum atomic E-state index is 8.54. The van der Waals surface area contributed by atoms with Gasteiger partial charge in [0.25, 0.3) is 0 Å². The Hall–Kier alpha value is -2.38. The summed E-state index contributed by atoms with van der Waals surface area (Å²) in [6.45, 7) is 0.140. The minimum atomic E-state index is 0.140. The molecule has 0 spiro atoms. The summed E-state index contributed by atoms with van der Waals surface area (Å²) in [5.41, 5.74) is 0.965. The van der Waals surface area contributed by atoms with Crippen LogP contribution in [0.5, 0.6) is 0 Å². The molecule has 1 heteroatoms. The normalized spacial score (nSPS) is 8.45. The van der Waals surface area contributed by atoms with Crippen LogP contribution in [-0.4, -0.2) is 5.11 Å². The molecule has 0 aliphatic rings. The highest BCUT2D eigenvalue weighted by atomic mass is 16.3. The van der Waals surface area contributed by atoms with E-state index in [0.29, 0.717) is 0 Å². The van der Waals surface area contributed by atoms with Crippen LogP contribution < -0.4 is 0 Å². The Morgan fingerprint density at radius 3 is 0.900 bits per heavy atom. The lowest BCUT2D eigenvalue weighted by molar-refractivity contribution is 0.282. The van der Waals surface area contributed by atoms with Gasteiger partial charge < -0.3 is 5.11 Å². The lowest BCUT2D eigenvalue weighted by Crippen LogP contribution is -1.77. The molecule has 0 radical (unpaired) electrons. The number of rotatable bonds is 1. The van der Waals surface area contributed by atoms with Gasteiger partial charge in [0.2, 0.25) is 0 Å². The summed E-state index contributed by atoms with van der Waals surface area (Å²) < 4.78 is 0.